The van der Waals surface area contributed by atoms with Crippen LogP contribution in [0.25, 0.3) is 0 Å². The van der Waals surface area contributed by atoms with Crippen molar-refractivity contribution in [3.8, 4) is 11.5 Å². The highest BCUT2D eigenvalue weighted by atomic mass is 19.3. The fourth-order valence-electron chi connectivity index (χ4n) is 2.18. The number of nitrogens with one attached hydrogen (secondary N) is 2. The Kier molecular flexibility index (Phi) is 6.31. The second-order valence-electron chi connectivity index (χ2n) is 5.12. The van der Waals surface area contributed by atoms with E-state index in [0.29, 0.717) is 16.8 Å². The largest absolute Gasteiger partial charge is 0.493 e. The summed E-state index contributed by atoms with van der Waals surface area (Å²) in [6.45, 7) is -2.83. The number of amides is 3. The molecule has 0 heterocycles. The van der Waals surface area contributed by atoms with E-state index in [2.05, 4.69) is 15.4 Å². The highest BCUT2D eigenvalue weighted by molar-refractivity contribution is 5.96. The van der Waals surface area contributed by atoms with E-state index < -0.39 is 12.6 Å². The number of hydrogen-bond acceptors (Lipinski definition) is 4. The van der Waals surface area contributed by atoms with E-state index in [1.54, 1.807) is 18.2 Å². The van der Waals surface area contributed by atoms with Crippen molar-refractivity contribution in [2.75, 3.05) is 12.4 Å². The van der Waals surface area contributed by atoms with Crippen LogP contribution in [0.15, 0.2) is 42.5 Å². The van der Waals surface area contributed by atoms with Crippen LogP contribution >= 0.6 is 0 Å². The molecule has 2 aromatic rings. The van der Waals surface area contributed by atoms with Gasteiger partial charge in [0.15, 0.2) is 11.5 Å². The van der Waals surface area contributed by atoms with Gasteiger partial charge in [0.25, 0.3) is 5.91 Å². The summed E-state index contributed by atoms with van der Waals surface area (Å²) in [4.78, 5) is 23.1. The molecule has 0 saturated heterocycles. The maximum atomic E-state index is 12.3. The molecule has 0 bridgehead atoms. The summed E-state index contributed by atoms with van der Waals surface area (Å²) < 4.78 is 34.0. The monoisotopic (exact) mass is 365 g/mol. The average molecular weight is 365 g/mol. The van der Waals surface area contributed by atoms with Gasteiger partial charge >= 0.3 is 12.6 Å². The molecule has 0 fully saturated rings. The lowest BCUT2D eigenvalue weighted by atomic mass is 10.1. The van der Waals surface area contributed by atoms with E-state index in [4.69, 9.17) is 10.5 Å². The number of nitrogens with two attached hydrogens (primary N) is 1. The number of alkyl halides is 2. The first-order valence-electron chi connectivity index (χ1n) is 7.45. The van der Waals surface area contributed by atoms with Crippen LogP contribution in [0.3, 0.4) is 0 Å². The minimum atomic E-state index is -2.96. The molecule has 0 aliphatic carbocycles. The van der Waals surface area contributed by atoms with E-state index in [0.717, 1.165) is 0 Å². The Morgan fingerprint density at radius 2 is 1.92 bits per heavy atom. The molecule has 0 radical (unpaired) electrons. The molecule has 0 atom stereocenters. The van der Waals surface area contributed by atoms with Crippen molar-refractivity contribution in [3.63, 3.8) is 0 Å². The Morgan fingerprint density at radius 1 is 1.15 bits per heavy atom. The molecule has 138 valence electrons. The predicted octanol–water partition coefficient (Wildman–Crippen LogP) is 2.72. The second kappa shape index (κ2) is 8.65. The van der Waals surface area contributed by atoms with Crippen LogP contribution in [0.1, 0.15) is 15.9 Å². The standard InChI is InChI=1S/C17H17F2N3O4/c1-25-14-7-10(5-6-13(14)26-16(18)19)9-21-15(23)11-3-2-4-12(8-11)22-17(20)24/h2-8,16H,9H2,1H3,(H,21,23)(H3,20,22,24). The molecule has 0 unspecified atom stereocenters. The first-order chi connectivity index (χ1) is 12.4. The normalized spacial score (nSPS) is 10.3. The summed E-state index contributed by atoms with van der Waals surface area (Å²) in [6.07, 6.45) is 0. The zero-order valence-corrected chi connectivity index (χ0v) is 13.8. The zero-order valence-electron chi connectivity index (χ0n) is 13.8. The smallest absolute Gasteiger partial charge is 0.387 e. The van der Waals surface area contributed by atoms with E-state index in [-0.39, 0.29) is 24.0 Å². The molecular weight excluding hydrogens is 348 g/mol. The van der Waals surface area contributed by atoms with Crippen molar-refractivity contribution in [2.45, 2.75) is 13.2 Å². The Labute approximate surface area is 148 Å². The van der Waals surface area contributed by atoms with Gasteiger partial charge in [-0.05, 0) is 35.9 Å². The summed E-state index contributed by atoms with van der Waals surface area (Å²) in [5.74, 6) is -0.350. The number of primary amides is 1. The van der Waals surface area contributed by atoms with Gasteiger partial charge in [-0.1, -0.05) is 12.1 Å². The number of anilines is 1. The van der Waals surface area contributed by atoms with Gasteiger partial charge in [0.05, 0.1) is 7.11 Å². The summed E-state index contributed by atoms with van der Waals surface area (Å²) in [5, 5.41) is 5.06. The lowest BCUT2D eigenvalue weighted by Crippen LogP contribution is -2.23. The van der Waals surface area contributed by atoms with Gasteiger partial charge in [0.2, 0.25) is 0 Å². The second-order valence-corrected chi connectivity index (χ2v) is 5.12. The Hall–Kier alpha value is -3.36. The molecule has 2 rings (SSSR count). The van der Waals surface area contributed by atoms with Gasteiger partial charge in [0.1, 0.15) is 0 Å². The van der Waals surface area contributed by atoms with Crippen molar-refractivity contribution >= 4 is 17.6 Å². The topological polar surface area (TPSA) is 103 Å². The SMILES string of the molecule is COc1cc(CNC(=O)c2cccc(NC(N)=O)c2)ccc1OC(F)F. The van der Waals surface area contributed by atoms with Crippen molar-refractivity contribution in [3.05, 3.63) is 53.6 Å². The molecule has 3 amide bonds. The number of carbonyl (C=O) groups is 2. The van der Waals surface area contributed by atoms with Crippen LogP contribution < -0.4 is 25.8 Å². The minimum Gasteiger partial charge on any atom is -0.493 e. The molecule has 26 heavy (non-hydrogen) atoms. The number of hydrogen-bond donors (Lipinski definition) is 3. The van der Waals surface area contributed by atoms with Gasteiger partial charge in [0, 0.05) is 17.8 Å². The Morgan fingerprint density at radius 3 is 2.58 bits per heavy atom. The first kappa shape index (κ1) is 19.0. The zero-order chi connectivity index (χ0) is 19.1. The highest BCUT2D eigenvalue weighted by Gasteiger charge is 2.12. The molecule has 0 aliphatic heterocycles. The maximum absolute atomic E-state index is 12.3. The van der Waals surface area contributed by atoms with Crippen molar-refractivity contribution in [2.24, 2.45) is 5.73 Å². The Balaban J connectivity index is 2.04. The fraction of sp³-hybridized carbons (Fsp3) is 0.176. The molecule has 2 aromatic carbocycles. The number of halogens is 2. The van der Waals surface area contributed by atoms with Gasteiger partial charge in [-0.15, -0.1) is 0 Å². The molecule has 7 nitrogen and oxygen atoms in total. The summed E-state index contributed by atoms with van der Waals surface area (Å²) in [6, 6.07) is 9.86. The third-order valence-electron chi connectivity index (χ3n) is 3.29. The minimum absolute atomic E-state index is 0.0946. The summed E-state index contributed by atoms with van der Waals surface area (Å²) in [7, 11) is 1.33. The summed E-state index contributed by atoms with van der Waals surface area (Å²) in [5.41, 5.74) is 6.37. The average Bonchev–Trinajstić information content (AvgIpc) is 2.59. The van der Waals surface area contributed by atoms with Gasteiger partial charge in [-0.2, -0.15) is 8.78 Å². The molecular formula is C17H17F2N3O4. The summed E-state index contributed by atoms with van der Waals surface area (Å²) >= 11 is 0. The van der Waals surface area contributed by atoms with Gasteiger partial charge in [-0.25, -0.2) is 4.79 Å². The van der Waals surface area contributed by atoms with E-state index in [1.807, 2.05) is 0 Å². The number of carbonyl (C=O) groups excluding carboxylic acids is 2. The number of benzene rings is 2. The van der Waals surface area contributed by atoms with Crippen LogP contribution in [-0.4, -0.2) is 25.7 Å². The van der Waals surface area contributed by atoms with Crippen LogP contribution in [0.4, 0.5) is 19.3 Å². The van der Waals surface area contributed by atoms with E-state index in [1.165, 1.54) is 31.4 Å². The molecule has 0 aromatic heterocycles. The van der Waals surface area contributed by atoms with Gasteiger partial charge in [-0.3, -0.25) is 4.79 Å². The lowest BCUT2D eigenvalue weighted by molar-refractivity contribution is -0.0512. The van der Waals surface area contributed by atoms with E-state index in [9.17, 15) is 18.4 Å². The van der Waals surface area contributed by atoms with Crippen LogP contribution in [0, 0.1) is 0 Å². The Bertz CT molecular complexity index is 799. The number of urea groups is 1. The molecule has 0 saturated carbocycles. The third kappa shape index (κ3) is 5.33. The molecule has 0 spiro atoms. The van der Waals surface area contributed by atoms with Crippen molar-refractivity contribution in [1.82, 2.24) is 5.32 Å². The quantitative estimate of drug-likeness (QED) is 0.702. The third-order valence-corrected chi connectivity index (χ3v) is 3.29. The van der Waals surface area contributed by atoms with Crippen molar-refractivity contribution < 1.29 is 27.8 Å². The van der Waals surface area contributed by atoms with Crippen LogP contribution in [-0.2, 0) is 6.54 Å². The first-order valence-corrected chi connectivity index (χ1v) is 7.45. The molecule has 4 N–H and O–H groups in total. The highest BCUT2D eigenvalue weighted by Crippen LogP contribution is 2.29. The van der Waals surface area contributed by atoms with Crippen LogP contribution in [0.5, 0.6) is 11.5 Å². The maximum Gasteiger partial charge on any atom is 0.387 e. The lowest BCUT2D eigenvalue weighted by Gasteiger charge is -2.12. The number of ether oxygens (including phenoxy) is 2. The van der Waals surface area contributed by atoms with E-state index >= 15 is 0 Å². The number of methoxy groups -OCH3 is 1. The molecule has 0 aliphatic rings. The molecule has 9 heteroatoms. The van der Waals surface area contributed by atoms with Crippen molar-refractivity contribution in [1.29, 1.82) is 0 Å². The van der Waals surface area contributed by atoms with Gasteiger partial charge < -0.3 is 25.8 Å². The number of rotatable bonds is 7. The fourth-order valence-corrected chi connectivity index (χ4v) is 2.18. The predicted molar refractivity (Wildman–Crippen MR) is 90.4 cm³/mol. The van der Waals surface area contributed by atoms with Crippen LogP contribution in [0.2, 0.25) is 0 Å².